The fourth-order valence-corrected chi connectivity index (χ4v) is 5.87. The van der Waals surface area contributed by atoms with E-state index < -0.39 is 33.4 Å². The summed E-state index contributed by atoms with van der Waals surface area (Å²) in [5.74, 6) is -1.54. The van der Waals surface area contributed by atoms with Crippen molar-refractivity contribution in [1.29, 1.82) is 0 Å². The van der Waals surface area contributed by atoms with E-state index in [1.54, 1.807) is 0 Å². The second-order valence-electron chi connectivity index (χ2n) is 6.54. The number of amides is 1. The first kappa shape index (κ1) is 24.1. The van der Waals surface area contributed by atoms with Crippen LogP contribution in [0.5, 0.6) is 0 Å². The molecule has 172 valence electrons. The van der Waals surface area contributed by atoms with Gasteiger partial charge < -0.3 is 14.8 Å². The number of nitrogens with zero attached hydrogens (tertiary/aromatic N) is 2. The van der Waals surface area contributed by atoms with Crippen molar-refractivity contribution in [1.82, 2.24) is 4.31 Å². The molecule has 0 aliphatic carbocycles. The molecule has 0 atom stereocenters. The number of hydrogen-bond donors (Lipinski definition) is 1. The molecular weight excluding hydrogens is 486 g/mol. The zero-order valence-electron chi connectivity index (χ0n) is 16.5. The molecule has 0 unspecified atom stereocenters. The van der Waals surface area contributed by atoms with Crippen molar-refractivity contribution in [2.75, 3.05) is 38.2 Å². The Morgan fingerprint density at radius 1 is 1.25 bits per heavy atom. The van der Waals surface area contributed by atoms with Crippen molar-refractivity contribution in [2.24, 2.45) is 0 Å². The number of carbonyl (C=O) groups is 2. The minimum Gasteiger partial charge on any atom is -0.455 e. The highest BCUT2D eigenvalue weighted by Crippen LogP contribution is 2.28. The number of sulfonamides is 1. The second kappa shape index (κ2) is 10.4. The highest BCUT2D eigenvalue weighted by atomic mass is 35.5. The molecule has 0 bridgehead atoms. The Hall–Kier alpha value is -2.58. The molecule has 3 rings (SSSR count). The maximum absolute atomic E-state index is 12.6. The van der Waals surface area contributed by atoms with Gasteiger partial charge in [0.25, 0.3) is 21.6 Å². The molecule has 1 aliphatic rings. The molecule has 2 aromatic rings. The van der Waals surface area contributed by atoms with Crippen LogP contribution in [0.4, 0.5) is 11.4 Å². The maximum atomic E-state index is 12.6. The van der Waals surface area contributed by atoms with Gasteiger partial charge in [-0.15, -0.1) is 11.3 Å². The first-order valence-corrected chi connectivity index (χ1v) is 11.9. The van der Waals surface area contributed by atoms with Crippen LogP contribution in [0, 0.1) is 10.1 Å². The van der Waals surface area contributed by atoms with E-state index >= 15 is 0 Å². The van der Waals surface area contributed by atoms with Crippen molar-refractivity contribution in [3.8, 4) is 0 Å². The molecule has 1 saturated heterocycles. The van der Waals surface area contributed by atoms with E-state index in [0.29, 0.717) is 18.1 Å². The van der Waals surface area contributed by atoms with Gasteiger partial charge in [0.1, 0.15) is 9.90 Å². The molecule has 1 aromatic heterocycles. The second-order valence-corrected chi connectivity index (χ2v) is 10.3. The van der Waals surface area contributed by atoms with Gasteiger partial charge in [-0.1, -0.05) is 11.6 Å². The number of nitro groups is 1. The summed E-state index contributed by atoms with van der Waals surface area (Å²) in [6.45, 7) is 0.496. The number of anilines is 1. The number of nitrogens with one attached hydrogen (secondary N) is 1. The lowest BCUT2D eigenvalue weighted by atomic mass is 10.2. The van der Waals surface area contributed by atoms with Gasteiger partial charge in [0.2, 0.25) is 0 Å². The number of hydrogen-bond acceptors (Lipinski definition) is 9. The maximum Gasteiger partial charge on any atom is 0.311 e. The van der Waals surface area contributed by atoms with Crippen LogP contribution in [-0.4, -0.2) is 62.4 Å². The van der Waals surface area contributed by atoms with E-state index in [2.05, 4.69) is 5.32 Å². The number of morpholine rings is 1. The molecule has 1 N–H and O–H groups in total. The summed E-state index contributed by atoms with van der Waals surface area (Å²) in [5.41, 5.74) is -0.485. The predicted octanol–water partition coefficient (Wildman–Crippen LogP) is 2.05. The Morgan fingerprint density at radius 2 is 1.97 bits per heavy atom. The van der Waals surface area contributed by atoms with Crippen molar-refractivity contribution in [3.63, 3.8) is 0 Å². The zero-order chi connectivity index (χ0) is 23.3. The fraction of sp³-hybridized carbons (Fsp3) is 0.333. The van der Waals surface area contributed by atoms with E-state index in [0.717, 1.165) is 17.4 Å². The van der Waals surface area contributed by atoms with Crippen LogP contribution < -0.4 is 5.32 Å². The summed E-state index contributed by atoms with van der Waals surface area (Å²) in [4.78, 5) is 34.9. The van der Waals surface area contributed by atoms with E-state index in [-0.39, 0.29) is 40.1 Å². The number of thiophene rings is 1. The molecule has 1 fully saturated rings. The summed E-state index contributed by atoms with van der Waals surface area (Å²) in [7, 11) is -3.66. The van der Waals surface area contributed by atoms with E-state index in [9.17, 15) is 28.1 Å². The third-order valence-corrected chi connectivity index (χ3v) is 8.00. The molecule has 0 radical (unpaired) electrons. The van der Waals surface area contributed by atoms with Crippen LogP contribution >= 0.6 is 22.9 Å². The molecule has 1 aromatic carbocycles. The molecule has 0 saturated carbocycles. The van der Waals surface area contributed by atoms with Crippen LogP contribution in [0.25, 0.3) is 0 Å². The number of benzene rings is 1. The molecule has 32 heavy (non-hydrogen) atoms. The minimum absolute atomic E-state index is 0.105. The number of nitro benzene ring substituents is 1. The highest BCUT2D eigenvalue weighted by molar-refractivity contribution is 7.91. The lowest BCUT2D eigenvalue weighted by molar-refractivity contribution is -0.383. The van der Waals surface area contributed by atoms with Crippen LogP contribution in [0.1, 0.15) is 4.88 Å². The summed E-state index contributed by atoms with van der Waals surface area (Å²) in [6, 6.07) is 6.59. The normalized spacial score (nSPS) is 14.7. The molecule has 0 spiro atoms. The number of halogens is 1. The van der Waals surface area contributed by atoms with Gasteiger partial charge >= 0.3 is 5.97 Å². The van der Waals surface area contributed by atoms with Crippen LogP contribution in [0.15, 0.2) is 34.5 Å². The summed E-state index contributed by atoms with van der Waals surface area (Å²) >= 11 is 6.74. The van der Waals surface area contributed by atoms with Crippen molar-refractivity contribution in [2.45, 2.75) is 10.6 Å². The molecule has 11 nitrogen and oxygen atoms in total. The van der Waals surface area contributed by atoms with Gasteiger partial charge in [0.05, 0.1) is 24.6 Å². The van der Waals surface area contributed by atoms with Crippen LogP contribution in [-0.2, 0) is 35.5 Å². The zero-order valence-corrected chi connectivity index (χ0v) is 18.9. The Morgan fingerprint density at radius 3 is 2.66 bits per heavy atom. The topological polar surface area (TPSA) is 145 Å². The van der Waals surface area contributed by atoms with Crippen molar-refractivity contribution < 1.29 is 32.4 Å². The Balaban J connectivity index is 1.54. The lowest BCUT2D eigenvalue weighted by Gasteiger charge is -2.25. The van der Waals surface area contributed by atoms with E-state index in [1.807, 2.05) is 0 Å². The Kier molecular flexibility index (Phi) is 7.79. The van der Waals surface area contributed by atoms with Gasteiger partial charge in [-0.05, 0) is 24.3 Å². The lowest BCUT2D eigenvalue weighted by Crippen LogP contribution is -2.40. The highest BCUT2D eigenvalue weighted by Gasteiger charge is 2.28. The average molecular weight is 504 g/mol. The minimum atomic E-state index is -3.66. The Bertz CT molecular complexity index is 1130. The first-order chi connectivity index (χ1) is 15.2. The molecule has 1 aliphatic heterocycles. The van der Waals surface area contributed by atoms with Crippen molar-refractivity contribution >= 4 is 56.2 Å². The van der Waals surface area contributed by atoms with Gasteiger partial charge in [0.15, 0.2) is 6.61 Å². The fourth-order valence-electron chi connectivity index (χ4n) is 2.80. The quantitative estimate of drug-likeness (QED) is 0.327. The molecule has 14 heteroatoms. The molecule has 1 amide bonds. The third kappa shape index (κ3) is 6.01. The predicted molar refractivity (Wildman–Crippen MR) is 115 cm³/mol. The van der Waals surface area contributed by atoms with Crippen LogP contribution in [0.3, 0.4) is 0 Å². The SMILES string of the molecule is O=C(COC(=O)Cc1ccc(S(=O)(=O)N2CCOCC2)s1)Nc1cc(Cl)ccc1[N+](=O)[O-]. The van der Waals surface area contributed by atoms with Gasteiger partial charge in [0, 0.05) is 29.1 Å². The third-order valence-electron chi connectivity index (χ3n) is 4.31. The summed E-state index contributed by atoms with van der Waals surface area (Å²) < 4.78 is 36.7. The summed E-state index contributed by atoms with van der Waals surface area (Å²) in [5, 5.41) is 13.5. The molecule has 2 heterocycles. The Labute approximate surface area is 192 Å². The number of esters is 1. The average Bonchev–Trinajstić information content (AvgIpc) is 3.22. The molecular formula is C18H18ClN3O8S2. The van der Waals surface area contributed by atoms with E-state index in [1.165, 1.54) is 28.6 Å². The van der Waals surface area contributed by atoms with Gasteiger partial charge in [-0.2, -0.15) is 4.31 Å². The number of ether oxygens (including phenoxy) is 2. The van der Waals surface area contributed by atoms with Crippen molar-refractivity contribution in [3.05, 3.63) is 50.3 Å². The monoisotopic (exact) mass is 503 g/mol. The van der Waals surface area contributed by atoms with E-state index in [4.69, 9.17) is 21.1 Å². The smallest absolute Gasteiger partial charge is 0.311 e. The largest absolute Gasteiger partial charge is 0.455 e. The van der Waals surface area contributed by atoms with Gasteiger partial charge in [-0.25, -0.2) is 8.42 Å². The number of rotatable bonds is 8. The standard InChI is InChI=1S/C18H18ClN3O8S2/c19-12-1-3-15(22(25)26)14(9-12)20-16(23)11-30-17(24)10-13-2-4-18(31-13)32(27,28)21-5-7-29-8-6-21/h1-4,9H,5-8,10-11H2,(H,20,23). The van der Waals surface area contributed by atoms with Gasteiger partial charge in [-0.3, -0.25) is 19.7 Å². The number of carbonyl (C=O) groups excluding carboxylic acids is 2. The first-order valence-electron chi connectivity index (χ1n) is 9.23. The van der Waals surface area contributed by atoms with Crippen LogP contribution in [0.2, 0.25) is 5.02 Å². The summed E-state index contributed by atoms with van der Waals surface area (Å²) in [6.07, 6.45) is -0.228.